The van der Waals surface area contributed by atoms with Crippen LogP contribution in [0.4, 0.5) is 9.18 Å². The molecule has 1 rings (SSSR count). The summed E-state index contributed by atoms with van der Waals surface area (Å²) in [6.07, 6.45) is -0.906. The van der Waals surface area contributed by atoms with Gasteiger partial charge in [0.05, 0.1) is 0 Å². The first-order valence-electron chi connectivity index (χ1n) is 6.54. The molecule has 1 amide bonds. The highest BCUT2D eigenvalue weighted by Gasteiger charge is 2.29. The second-order valence-electron chi connectivity index (χ2n) is 5.95. The van der Waals surface area contributed by atoms with Crippen LogP contribution in [0.5, 0.6) is 0 Å². The quantitative estimate of drug-likeness (QED) is 0.859. The molecule has 6 heteroatoms. The lowest BCUT2D eigenvalue weighted by Gasteiger charge is -2.33. The molecule has 0 bridgehead atoms. The van der Waals surface area contributed by atoms with Gasteiger partial charge in [-0.15, -0.1) is 0 Å². The molecule has 1 atom stereocenters. The Hall–Kier alpha value is -1.33. The lowest BCUT2D eigenvalue weighted by Crippen LogP contribution is -2.42. The summed E-state index contributed by atoms with van der Waals surface area (Å²) in [5.74, 6) is -1.39. The molecular weight excluding hydrogens is 253 g/mol. The summed E-state index contributed by atoms with van der Waals surface area (Å²) in [6.45, 7) is 6.40. The number of ether oxygens (including phenoxy) is 1. The first kappa shape index (κ1) is 15.7. The molecule has 1 aliphatic rings. The number of carboxylic acids is 1. The zero-order chi connectivity index (χ0) is 14.6. The molecule has 0 spiro atoms. The third-order valence-corrected chi connectivity index (χ3v) is 3.07. The number of piperidine rings is 1. The third-order valence-electron chi connectivity index (χ3n) is 3.07. The van der Waals surface area contributed by atoms with Gasteiger partial charge in [0, 0.05) is 13.1 Å². The maximum absolute atomic E-state index is 13.1. The van der Waals surface area contributed by atoms with Crippen LogP contribution in [0.15, 0.2) is 0 Å². The number of amides is 1. The van der Waals surface area contributed by atoms with Crippen LogP contribution in [0, 0.1) is 5.92 Å². The van der Waals surface area contributed by atoms with E-state index in [0.717, 1.165) is 0 Å². The zero-order valence-corrected chi connectivity index (χ0v) is 11.7. The van der Waals surface area contributed by atoms with Crippen molar-refractivity contribution in [2.45, 2.75) is 51.8 Å². The standard InChI is InChI=1S/C13H22FNO4/c1-13(2,3)19-12(18)15-6-4-9(5-7-15)8-10(14)11(16)17/h9-10H,4-8H2,1-3H3,(H,16,17)/t10-/m0/s1. The van der Waals surface area contributed by atoms with E-state index in [-0.39, 0.29) is 18.4 Å². The molecule has 0 unspecified atom stereocenters. The fourth-order valence-electron chi connectivity index (χ4n) is 2.07. The molecule has 1 fully saturated rings. The maximum atomic E-state index is 13.1. The van der Waals surface area contributed by atoms with E-state index in [4.69, 9.17) is 9.84 Å². The Labute approximate surface area is 112 Å². The number of carbonyl (C=O) groups excluding carboxylic acids is 1. The molecule has 0 aromatic rings. The molecular formula is C13H22FNO4. The van der Waals surface area contributed by atoms with Gasteiger partial charge in [-0.1, -0.05) is 0 Å². The van der Waals surface area contributed by atoms with E-state index in [2.05, 4.69) is 0 Å². The Morgan fingerprint density at radius 2 is 1.89 bits per heavy atom. The summed E-state index contributed by atoms with van der Waals surface area (Å²) in [5.41, 5.74) is -0.527. The molecule has 1 saturated heterocycles. The van der Waals surface area contributed by atoms with Crippen LogP contribution in [0.1, 0.15) is 40.0 Å². The predicted octanol–water partition coefficient (Wildman–Crippen LogP) is 2.45. The Morgan fingerprint density at radius 3 is 2.32 bits per heavy atom. The fourth-order valence-corrected chi connectivity index (χ4v) is 2.07. The molecule has 19 heavy (non-hydrogen) atoms. The number of rotatable bonds is 3. The minimum Gasteiger partial charge on any atom is -0.479 e. The van der Waals surface area contributed by atoms with E-state index in [9.17, 15) is 14.0 Å². The lowest BCUT2D eigenvalue weighted by molar-refractivity contribution is -0.143. The smallest absolute Gasteiger partial charge is 0.410 e. The molecule has 5 nitrogen and oxygen atoms in total. The van der Waals surface area contributed by atoms with Gasteiger partial charge >= 0.3 is 12.1 Å². The molecule has 0 radical (unpaired) electrons. The number of likely N-dealkylation sites (tertiary alicyclic amines) is 1. The van der Waals surface area contributed by atoms with E-state index < -0.39 is 17.7 Å². The molecule has 1 heterocycles. The number of aliphatic carboxylic acids is 1. The lowest BCUT2D eigenvalue weighted by atomic mass is 9.92. The average molecular weight is 275 g/mol. The molecule has 1 N–H and O–H groups in total. The van der Waals surface area contributed by atoms with Crippen molar-refractivity contribution in [2.75, 3.05) is 13.1 Å². The predicted molar refractivity (Wildman–Crippen MR) is 67.7 cm³/mol. The monoisotopic (exact) mass is 275 g/mol. The van der Waals surface area contributed by atoms with Gasteiger partial charge < -0.3 is 14.7 Å². The van der Waals surface area contributed by atoms with Crippen LogP contribution in [0.2, 0.25) is 0 Å². The van der Waals surface area contributed by atoms with E-state index in [1.54, 1.807) is 25.7 Å². The first-order chi connectivity index (χ1) is 8.69. The number of hydrogen-bond acceptors (Lipinski definition) is 3. The summed E-state index contributed by atoms with van der Waals surface area (Å²) in [4.78, 5) is 23.8. The normalized spacial score (nSPS) is 19.1. The summed E-state index contributed by atoms with van der Waals surface area (Å²) >= 11 is 0. The summed E-state index contributed by atoms with van der Waals surface area (Å²) < 4.78 is 18.3. The Morgan fingerprint density at radius 1 is 1.37 bits per heavy atom. The van der Waals surface area contributed by atoms with Crippen molar-refractivity contribution in [3.8, 4) is 0 Å². The van der Waals surface area contributed by atoms with Crippen LogP contribution < -0.4 is 0 Å². The Balaban J connectivity index is 2.36. The van der Waals surface area contributed by atoms with Crippen molar-refractivity contribution in [2.24, 2.45) is 5.92 Å². The van der Waals surface area contributed by atoms with Crippen LogP contribution in [-0.2, 0) is 9.53 Å². The number of carbonyl (C=O) groups is 2. The SMILES string of the molecule is CC(C)(C)OC(=O)N1CCC(C[C@H](F)C(=O)O)CC1. The average Bonchev–Trinajstić information content (AvgIpc) is 2.27. The highest BCUT2D eigenvalue weighted by Crippen LogP contribution is 2.24. The highest BCUT2D eigenvalue weighted by atomic mass is 19.1. The van der Waals surface area contributed by atoms with Gasteiger partial charge in [-0.2, -0.15) is 0 Å². The van der Waals surface area contributed by atoms with Gasteiger partial charge in [0.2, 0.25) is 0 Å². The van der Waals surface area contributed by atoms with E-state index in [1.807, 2.05) is 0 Å². The zero-order valence-electron chi connectivity index (χ0n) is 11.7. The van der Waals surface area contributed by atoms with E-state index in [0.29, 0.717) is 25.9 Å². The van der Waals surface area contributed by atoms with E-state index >= 15 is 0 Å². The number of alkyl halides is 1. The van der Waals surface area contributed by atoms with Crippen molar-refractivity contribution in [1.29, 1.82) is 0 Å². The highest BCUT2D eigenvalue weighted by molar-refractivity contribution is 5.72. The van der Waals surface area contributed by atoms with Crippen molar-refractivity contribution in [3.63, 3.8) is 0 Å². The maximum Gasteiger partial charge on any atom is 0.410 e. The van der Waals surface area contributed by atoms with Gasteiger partial charge in [0.1, 0.15) is 5.60 Å². The summed E-state index contributed by atoms with van der Waals surface area (Å²) in [5, 5.41) is 8.52. The van der Waals surface area contributed by atoms with Crippen LogP contribution in [0.3, 0.4) is 0 Å². The van der Waals surface area contributed by atoms with Gasteiger partial charge in [-0.05, 0) is 46.0 Å². The Kier molecular flexibility index (Phi) is 5.14. The number of halogens is 1. The van der Waals surface area contributed by atoms with Crippen LogP contribution >= 0.6 is 0 Å². The second kappa shape index (κ2) is 6.21. The second-order valence-corrected chi connectivity index (χ2v) is 5.95. The van der Waals surface area contributed by atoms with Crippen LogP contribution in [-0.4, -0.2) is 46.9 Å². The Bertz CT molecular complexity index is 332. The van der Waals surface area contributed by atoms with Crippen molar-refractivity contribution < 1.29 is 23.8 Å². The summed E-state index contributed by atoms with van der Waals surface area (Å²) in [6, 6.07) is 0. The molecule has 0 aromatic heterocycles. The number of nitrogens with zero attached hydrogens (tertiary/aromatic N) is 1. The number of carboxylic acid groups (broad SMARTS) is 1. The van der Waals surface area contributed by atoms with Gasteiger partial charge in [-0.3, -0.25) is 0 Å². The van der Waals surface area contributed by atoms with Gasteiger partial charge in [0.25, 0.3) is 0 Å². The minimum absolute atomic E-state index is 0.0183. The fraction of sp³-hybridized carbons (Fsp3) is 0.846. The largest absolute Gasteiger partial charge is 0.479 e. The molecule has 0 aliphatic carbocycles. The van der Waals surface area contributed by atoms with Gasteiger partial charge in [-0.25, -0.2) is 14.0 Å². The van der Waals surface area contributed by atoms with Gasteiger partial charge in [0.15, 0.2) is 6.17 Å². The summed E-state index contributed by atoms with van der Waals surface area (Å²) in [7, 11) is 0. The minimum atomic E-state index is -1.81. The van der Waals surface area contributed by atoms with Crippen molar-refractivity contribution in [1.82, 2.24) is 4.90 Å². The molecule has 1 aliphatic heterocycles. The molecule has 0 aromatic carbocycles. The first-order valence-corrected chi connectivity index (χ1v) is 6.54. The topological polar surface area (TPSA) is 66.8 Å². The van der Waals surface area contributed by atoms with Crippen molar-refractivity contribution >= 4 is 12.1 Å². The third kappa shape index (κ3) is 5.44. The number of hydrogen-bond donors (Lipinski definition) is 1. The van der Waals surface area contributed by atoms with Crippen LogP contribution in [0.25, 0.3) is 0 Å². The van der Waals surface area contributed by atoms with Crippen molar-refractivity contribution in [3.05, 3.63) is 0 Å². The van der Waals surface area contributed by atoms with E-state index in [1.165, 1.54) is 0 Å². The molecule has 0 saturated carbocycles. The molecule has 110 valence electrons.